The van der Waals surface area contributed by atoms with Crippen LogP contribution in [0.3, 0.4) is 0 Å². The summed E-state index contributed by atoms with van der Waals surface area (Å²) in [5.41, 5.74) is 0.492. The van der Waals surface area contributed by atoms with Gasteiger partial charge in [0.25, 0.3) is 11.9 Å². The Kier molecular flexibility index (Phi) is 5.59. The maximum Gasteiger partial charge on any atom is 0.292 e. The van der Waals surface area contributed by atoms with Gasteiger partial charge in [-0.1, -0.05) is 0 Å². The number of amidine groups is 1. The number of methoxy groups -OCH3 is 1. The third-order valence-corrected chi connectivity index (χ3v) is 2.81. The number of rotatable bonds is 5. The lowest BCUT2D eigenvalue weighted by Gasteiger charge is -2.09. The summed E-state index contributed by atoms with van der Waals surface area (Å²) in [6.45, 7) is 2.52. The van der Waals surface area contributed by atoms with E-state index in [0.29, 0.717) is 30.2 Å². The normalized spacial score (nSPS) is 11.1. The van der Waals surface area contributed by atoms with E-state index in [9.17, 15) is 4.79 Å². The molecule has 1 aromatic carbocycles. The Labute approximate surface area is 128 Å². The highest BCUT2D eigenvalue weighted by atomic mass is 16.5. The summed E-state index contributed by atoms with van der Waals surface area (Å²) in [5, 5.41) is 2.64. The third kappa shape index (κ3) is 4.37. The molecule has 2 aromatic rings. The van der Waals surface area contributed by atoms with Crippen LogP contribution in [0.2, 0.25) is 0 Å². The number of nitrogens with one attached hydrogen (secondary N) is 1. The average Bonchev–Trinajstić information content (AvgIpc) is 3.06. The summed E-state index contributed by atoms with van der Waals surface area (Å²) in [5.74, 6) is 1.08. The number of benzene rings is 1. The molecule has 6 nitrogen and oxygen atoms in total. The molecule has 116 valence electrons. The monoisotopic (exact) mass is 302 g/mol. The summed E-state index contributed by atoms with van der Waals surface area (Å²) >= 11 is 0. The van der Waals surface area contributed by atoms with Crippen molar-refractivity contribution in [3.05, 3.63) is 54.0 Å². The zero-order chi connectivity index (χ0) is 15.8. The number of furan rings is 1. The van der Waals surface area contributed by atoms with Crippen LogP contribution in [0.25, 0.3) is 0 Å². The number of hydrogen-bond acceptors (Lipinski definition) is 5. The van der Waals surface area contributed by atoms with Crippen LogP contribution in [0.4, 0.5) is 0 Å². The van der Waals surface area contributed by atoms with E-state index >= 15 is 0 Å². The molecule has 6 heteroatoms. The summed E-state index contributed by atoms with van der Waals surface area (Å²) in [6, 6.07) is 10.5. The fraction of sp³-hybridized carbons (Fsp3) is 0.250. The second-order valence-corrected chi connectivity index (χ2v) is 4.32. The number of ether oxygens (including phenoxy) is 2. The molecule has 0 radical (unpaired) electrons. The molecule has 0 unspecified atom stereocenters. The van der Waals surface area contributed by atoms with E-state index in [0.717, 1.165) is 0 Å². The Hall–Kier alpha value is -2.76. The Balaban J connectivity index is 2.02. The lowest BCUT2D eigenvalue weighted by molar-refractivity contribution is 0.0966. The van der Waals surface area contributed by atoms with Crippen molar-refractivity contribution in [1.82, 2.24) is 5.32 Å². The molecule has 0 saturated carbocycles. The molecule has 0 fully saturated rings. The fourth-order valence-corrected chi connectivity index (χ4v) is 1.72. The van der Waals surface area contributed by atoms with Crippen molar-refractivity contribution in [2.24, 2.45) is 4.99 Å². The molecule has 0 saturated heterocycles. The molecule has 0 aliphatic carbocycles. The van der Waals surface area contributed by atoms with Crippen molar-refractivity contribution < 1.29 is 18.7 Å². The van der Waals surface area contributed by atoms with Crippen molar-refractivity contribution >= 4 is 11.9 Å². The van der Waals surface area contributed by atoms with E-state index in [1.807, 2.05) is 6.92 Å². The smallest absolute Gasteiger partial charge is 0.292 e. The van der Waals surface area contributed by atoms with Crippen molar-refractivity contribution in [2.45, 2.75) is 13.5 Å². The van der Waals surface area contributed by atoms with E-state index in [1.165, 1.54) is 0 Å². The quantitative estimate of drug-likeness (QED) is 0.680. The highest BCUT2D eigenvalue weighted by Crippen LogP contribution is 2.11. The van der Waals surface area contributed by atoms with Crippen molar-refractivity contribution in [1.29, 1.82) is 0 Å². The minimum atomic E-state index is -0.297. The summed E-state index contributed by atoms with van der Waals surface area (Å²) < 4.78 is 15.6. The number of carbonyl (C=O) groups is 1. The predicted octanol–water partition coefficient (Wildman–Crippen LogP) is 2.61. The van der Waals surface area contributed by atoms with Gasteiger partial charge in [0, 0.05) is 5.56 Å². The molecule has 1 aromatic heterocycles. The van der Waals surface area contributed by atoms with Crippen LogP contribution in [0.1, 0.15) is 23.0 Å². The van der Waals surface area contributed by atoms with Crippen LogP contribution in [0, 0.1) is 0 Å². The molecule has 0 aliphatic heterocycles. The fourth-order valence-electron chi connectivity index (χ4n) is 1.72. The van der Waals surface area contributed by atoms with Gasteiger partial charge in [-0.3, -0.25) is 10.1 Å². The molecule has 1 heterocycles. The topological polar surface area (TPSA) is 73.1 Å². The van der Waals surface area contributed by atoms with Crippen LogP contribution >= 0.6 is 0 Å². The Morgan fingerprint density at radius 1 is 1.27 bits per heavy atom. The van der Waals surface area contributed by atoms with Gasteiger partial charge in [-0.2, -0.15) is 0 Å². The first-order valence-electron chi connectivity index (χ1n) is 6.88. The molecular weight excluding hydrogens is 284 g/mol. The zero-order valence-corrected chi connectivity index (χ0v) is 12.5. The highest BCUT2D eigenvalue weighted by Gasteiger charge is 2.10. The number of hydrogen-bond donors (Lipinski definition) is 1. The Bertz CT molecular complexity index is 618. The molecule has 2 rings (SSSR count). The van der Waals surface area contributed by atoms with Gasteiger partial charge in [-0.05, 0) is 43.3 Å². The molecule has 1 amide bonds. The highest BCUT2D eigenvalue weighted by molar-refractivity contribution is 6.04. The van der Waals surface area contributed by atoms with E-state index in [4.69, 9.17) is 13.9 Å². The molecule has 0 bridgehead atoms. The maximum atomic E-state index is 12.2. The van der Waals surface area contributed by atoms with Crippen molar-refractivity contribution in [3.63, 3.8) is 0 Å². The minimum Gasteiger partial charge on any atom is -0.497 e. The van der Waals surface area contributed by atoms with Gasteiger partial charge in [0.2, 0.25) is 0 Å². The number of nitrogens with zero attached hydrogens (tertiary/aromatic N) is 1. The molecule has 0 spiro atoms. The van der Waals surface area contributed by atoms with E-state index in [2.05, 4.69) is 10.3 Å². The molecule has 22 heavy (non-hydrogen) atoms. The van der Waals surface area contributed by atoms with Crippen LogP contribution < -0.4 is 10.1 Å². The first-order chi connectivity index (χ1) is 10.7. The van der Waals surface area contributed by atoms with Gasteiger partial charge in [0.15, 0.2) is 0 Å². The second kappa shape index (κ2) is 7.87. The van der Waals surface area contributed by atoms with Crippen LogP contribution in [0.5, 0.6) is 5.75 Å². The summed E-state index contributed by atoms with van der Waals surface area (Å²) in [7, 11) is 1.57. The minimum absolute atomic E-state index is 0.166. The lowest BCUT2D eigenvalue weighted by atomic mass is 10.2. The van der Waals surface area contributed by atoms with Crippen LogP contribution in [0.15, 0.2) is 52.1 Å². The zero-order valence-electron chi connectivity index (χ0n) is 12.5. The van der Waals surface area contributed by atoms with Crippen LogP contribution in [-0.4, -0.2) is 25.6 Å². The summed E-state index contributed by atoms with van der Waals surface area (Å²) in [6.07, 6.45) is 1.57. The van der Waals surface area contributed by atoms with Gasteiger partial charge >= 0.3 is 0 Å². The third-order valence-electron chi connectivity index (χ3n) is 2.81. The van der Waals surface area contributed by atoms with Crippen molar-refractivity contribution in [2.75, 3.05) is 13.7 Å². The van der Waals surface area contributed by atoms with Gasteiger partial charge in [-0.25, -0.2) is 4.99 Å². The largest absolute Gasteiger partial charge is 0.497 e. The number of carbonyl (C=O) groups excluding carboxylic acids is 1. The number of amides is 1. The first-order valence-corrected chi connectivity index (χ1v) is 6.88. The van der Waals surface area contributed by atoms with E-state index < -0.39 is 0 Å². The van der Waals surface area contributed by atoms with Crippen molar-refractivity contribution in [3.8, 4) is 5.75 Å². The number of aliphatic imine (C=N–C) groups is 1. The Morgan fingerprint density at radius 2 is 2.05 bits per heavy atom. The molecular formula is C16H18N2O4. The Morgan fingerprint density at radius 3 is 2.64 bits per heavy atom. The van der Waals surface area contributed by atoms with Gasteiger partial charge < -0.3 is 13.9 Å². The van der Waals surface area contributed by atoms with E-state index in [1.54, 1.807) is 49.8 Å². The van der Waals surface area contributed by atoms with Gasteiger partial charge in [-0.15, -0.1) is 0 Å². The van der Waals surface area contributed by atoms with Crippen LogP contribution in [-0.2, 0) is 11.3 Å². The average molecular weight is 302 g/mol. The first kappa shape index (κ1) is 15.6. The SMILES string of the molecule is CCOC(=NCc1ccco1)NC(=O)c1ccc(OC)cc1. The lowest BCUT2D eigenvalue weighted by Crippen LogP contribution is -2.32. The maximum absolute atomic E-state index is 12.2. The standard InChI is InChI=1S/C16H18N2O4/c1-3-21-16(17-11-14-5-4-10-22-14)18-15(19)12-6-8-13(20-2)9-7-12/h4-10H,3,11H2,1-2H3,(H,17,18,19). The molecule has 0 aliphatic rings. The molecule has 1 N–H and O–H groups in total. The molecule has 0 atom stereocenters. The van der Waals surface area contributed by atoms with Gasteiger partial charge in [0.05, 0.1) is 20.0 Å². The predicted molar refractivity (Wildman–Crippen MR) is 81.9 cm³/mol. The summed E-state index contributed by atoms with van der Waals surface area (Å²) in [4.78, 5) is 16.4. The van der Waals surface area contributed by atoms with E-state index in [-0.39, 0.29) is 11.9 Å². The second-order valence-electron chi connectivity index (χ2n) is 4.32. The van der Waals surface area contributed by atoms with Gasteiger partial charge in [0.1, 0.15) is 18.1 Å².